The Bertz CT molecular complexity index is 88.5. The van der Waals surface area contributed by atoms with Crippen molar-refractivity contribution in [2.24, 2.45) is 0 Å². The highest BCUT2D eigenvalue weighted by Crippen LogP contribution is 2.22. The molecule has 1 fully saturated rings. The Kier molecular flexibility index (Phi) is 1.29. The van der Waals surface area contributed by atoms with Crippen LogP contribution in [0.25, 0.3) is 0 Å². The molecule has 0 unspecified atom stereocenters. The maximum Gasteiger partial charge on any atom is 0.0876 e. The molecule has 0 bridgehead atoms. The first-order chi connectivity index (χ1) is 3.60. The highest BCUT2D eigenvalue weighted by Gasteiger charge is 2.30. The van der Waals surface area contributed by atoms with Crippen LogP contribution < -0.4 is 0 Å². The van der Waals surface area contributed by atoms with Crippen molar-refractivity contribution in [3.8, 4) is 0 Å². The van der Waals surface area contributed by atoms with E-state index in [1.54, 1.807) is 6.92 Å². The Balaban J connectivity index is 2.44. The van der Waals surface area contributed by atoms with E-state index in [0.717, 1.165) is 6.42 Å². The van der Waals surface area contributed by atoms with E-state index in [1.807, 2.05) is 6.92 Å². The maximum absolute atomic E-state index is 9.24. The highest BCUT2D eigenvalue weighted by atomic mass is 16.5. The van der Waals surface area contributed by atoms with E-state index in [9.17, 15) is 5.11 Å². The predicted molar refractivity (Wildman–Crippen MR) is 30.7 cm³/mol. The van der Waals surface area contributed by atoms with Gasteiger partial charge in [0.05, 0.1) is 18.3 Å². The number of rotatable bonds is 0. The Morgan fingerprint density at radius 1 is 1.75 bits per heavy atom. The van der Waals surface area contributed by atoms with E-state index in [2.05, 4.69) is 0 Å². The summed E-state index contributed by atoms with van der Waals surface area (Å²) in [5.41, 5.74) is -0.556. The molecule has 0 aromatic carbocycles. The normalized spacial score (nSPS) is 47.6. The van der Waals surface area contributed by atoms with Gasteiger partial charge in [-0.25, -0.2) is 0 Å². The van der Waals surface area contributed by atoms with Crippen molar-refractivity contribution in [1.29, 1.82) is 0 Å². The van der Waals surface area contributed by atoms with Gasteiger partial charge in [-0.3, -0.25) is 0 Å². The second kappa shape index (κ2) is 1.71. The fourth-order valence-corrected chi connectivity index (χ4v) is 1.06. The minimum atomic E-state index is -0.556. The Morgan fingerprint density at radius 2 is 2.38 bits per heavy atom. The average molecular weight is 116 g/mol. The van der Waals surface area contributed by atoms with E-state index < -0.39 is 5.60 Å². The SMILES string of the molecule is C[C@H]1C[C@](C)(O)CO1. The molecule has 1 rings (SSSR count). The first kappa shape index (κ1) is 6.05. The summed E-state index contributed by atoms with van der Waals surface area (Å²) < 4.78 is 5.12. The second-order valence-corrected chi connectivity index (χ2v) is 2.82. The number of hydrogen-bond acceptors (Lipinski definition) is 2. The third-order valence-electron chi connectivity index (χ3n) is 1.41. The molecule has 2 heteroatoms. The lowest BCUT2D eigenvalue weighted by molar-refractivity contribution is 0.0377. The van der Waals surface area contributed by atoms with Crippen LogP contribution in [0.4, 0.5) is 0 Å². The largest absolute Gasteiger partial charge is 0.388 e. The van der Waals surface area contributed by atoms with Crippen LogP contribution in [0.3, 0.4) is 0 Å². The number of aliphatic hydroxyl groups is 1. The summed E-state index contributed by atoms with van der Waals surface area (Å²) in [5, 5.41) is 9.24. The van der Waals surface area contributed by atoms with Gasteiger partial charge < -0.3 is 9.84 Å². The first-order valence-electron chi connectivity index (χ1n) is 2.94. The quantitative estimate of drug-likeness (QED) is 0.500. The highest BCUT2D eigenvalue weighted by molar-refractivity contribution is 4.80. The van der Waals surface area contributed by atoms with E-state index in [4.69, 9.17) is 4.74 Å². The zero-order chi connectivity index (χ0) is 6.20. The monoisotopic (exact) mass is 116 g/mol. The molecule has 2 nitrogen and oxygen atoms in total. The van der Waals surface area contributed by atoms with Crippen molar-refractivity contribution in [1.82, 2.24) is 0 Å². The van der Waals surface area contributed by atoms with Gasteiger partial charge in [-0.2, -0.15) is 0 Å². The molecule has 0 saturated carbocycles. The van der Waals surface area contributed by atoms with Gasteiger partial charge in [-0.1, -0.05) is 0 Å². The molecule has 1 aliphatic rings. The topological polar surface area (TPSA) is 29.5 Å². The zero-order valence-electron chi connectivity index (χ0n) is 5.35. The van der Waals surface area contributed by atoms with Crippen LogP contribution in [0, 0.1) is 0 Å². The minimum Gasteiger partial charge on any atom is -0.388 e. The van der Waals surface area contributed by atoms with Crippen molar-refractivity contribution in [2.45, 2.75) is 32.0 Å². The molecular weight excluding hydrogens is 104 g/mol. The van der Waals surface area contributed by atoms with Crippen molar-refractivity contribution in [3.63, 3.8) is 0 Å². The lowest BCUT2D eigenvalue weighted by atomic mass is 10.0. The van der Waals surface area contributed by atoms with E-state index in [-0.39, 0.29) is 6.10 Å². The molecule has 48 valence electrons. The summed E-state index contributed by atoms with van der Waals surface area (Å²) >= 11 is 0. The second-order valence-electron chi connectivity index (χ2n) is 2.82. The third-order valence-corrected chi connectivity index (χ3v) is 1.41. The summed E-state index contributed by atoms with van der Waals surface area (Å²) in [5.74, 6) is 0. The maximum atomic E-state index is 9.24. The van der Waals surface area contributed by atoms with Crippen LogP contribution in [0.1, 0.15) is 20.3 Å². The van der Waals surface area contributed by atoms with Gasteiger partial charge in [-0.15, -0.1) is 0 Å². The molecule has 2 atom stereocenters. The van der Waals surface area contributed by atoms with Crippen LogP contribution in [0.5, 0.6) is 0 Å². The van der Waals surface area contributed by atoms with Gasteiger partial charge in [0.2, 0.25) is 0 Å². The molecule has 8 heavy (non-hydrogen) atoms. The van der Waals surface area contributed by atoms with E-state index in [0.29, 0.717) is 6.61 Å². The summed E-state index contributed by atoms with van der Waals surface area (Å²) in [6.45, 7) is 4.27. The standard InChI is InChI=1S/C6H12O2/c1-5-3-6(2,7)4-8-5/h5,7H,3-4H2,1-2H3/t5-,6-/m0/s1. The van der Waals surface area contributed by atoms with Gasteiger partial charge in [0.15, 0.2) is 0 Å². The molecule has 1 heterocycles. The predicted octanol–water partition coefficient (Wildman–Crippen LogP) is 0.546. The summed E-state index contributed by atoms with van der Waals surface area (Å²) in [6, 6.07) is 0. The smallest absolute Gasteiger partial charge is 0.0876 e. The minimum absolute atomic E-state index is 0.241. The fourth-order valence-electron chi connectivity index (χ4n) is 1.06. The van der Waals surface area contributed by atoms with Gasteiger partial charge in [0.1, 0.15) is 0 Å². The zero-order valence-corrected chi connectivity index (χ0v) is 5.35. The molecule has 0 aromatic rings. The molecule has 0 radical (unpaired) electrons. The van der Waals surface area contributed by atoms with Gasteiger partial charge >= 0.3 is 0 Å². The van der Waals surface area contributed by atoms with Crippen molar-refractivity contribution < 1.29 is 9.84 Å². The van der Waals surface area contributed by atoms with Gasteiger partial charge in [0, 0.05) is 6.42 Å². The molecule has 0 spiro atoms. The molecule has 0 aliphatic carbocycles. The average Bonchev–Trinajstić information content (AvgIpc) is 1.82. The van der Waals surface area contributed by atoms with Crippen molar-refractivity contribution in [2.75, 3.05) is 6.61 Å². The van der Waals surface area contributed by atoms with E-state index in [1.165, 1.54) is 0 Å². The van der Waals surface area contributed by atoms with E-state index >= 15 is 0 Å². The van der Waals surface area contributed by atoms with Crippen LogP contribution in [0.2, 0.25) is 0 Å². The van der Waals surface area contributed by atoms with Gasteiger partial charge in [0.25, 0.3) is 0 Å². The lowest BCUT2D eigenvalue weighted by Crippen LogP contribution is -2.23. The van der Waals surface area contributed by atoms with Crippen LogP contribution in [-0.4, -0.2) is 23.4 Å². The van der Waals surface area contributed by atoms with Crippen LogP contribution >= 0.6 is 0 Å². The molecule has 1 aliphatic heterocycles. The molecule has 0 aromatic heterocycles. The summed E-state index contributed by atoms with van der Waals surface area (Å²) in [6.07, 6.45) is 1.01. The van der Waals surface area contributed by atoms with Crippen molar-refractivity contribution in [3.05, 3.63) is 0 Å². The number of hydrogen-bond donors (Lipinski definition) is 1. The molecular formula is C6H12O2. The van der Waals surface area contributed by atoms with Crippen LogP contribution in [0.15, 0.2) is 0 Å². The first-order valence-corrected chi connectivity index (χ1v) is 2.94. The summed E-state index contributed by atoms with van der Waals surface area (Å²) in [7, 11) is 0. The Hall–Kier alpha value is -0.0800. The Labute approximate surface area is 49.5 Å². The van der Waals surface area contributed by atoms with Crippen LogP contribution in [-0.2, 0) is 4.74 Å². The van der Waals surface area contributed by atoms with Gasteiger partial charge in [-0.05, 0) is 13.8 Å². The Morgan fingerprint density at radius 3 is 2.50 bits per heavy atom. The fraction of sp³-hybridized carbons (Fsp3) is 1.00. The summed E-state index contributed by atoms with van der Waals surface area (Å²) in [4.78, 5) is 0. The molecule has 1 N–H and O–H groups in total. The third kappa shape index (κ3) is 1.20. The molecule has 0 amide bonds. The molecule has 1 saturated heterocycles. The van der Waals surface area contributed by atoms with Crippen molar-refractivity contribution >= 4 is 0 Å². The number of ether oxygens (including phenoxy) is 1. The lowest BCUT2D eigenvalue weighted by Gasteiger charge is -2.10.